The maximum atomic E-state index is 12.5. The zero-order valence-electron chi connectivity index (χ0n) is 10.2. The number of alkyl halides is 1. The molecule has 1 aliphatic rings. The molecule has 100 valence electrons. The summed E-state index contributed by atoms with van der Waals surface area (Å²) in [7, 11) is 0. The van der Waals surface area contributed by atoms with Gasteiger partial charge in [-0.1, -0.05) is 55.6 Å². The topological polar surface area (TPSA) is 17.1 Å². The molecule has 1 nitrogen and oxygen atoms in total. The summed E-state index contributed by atoms with van der Waals surface area (Å²) < 4.78 is 0.973. The number of carbonyl (C=O) groups excluding carboxylic acids is 1. The van der Waals surface area contributed by atoms with Crippen molar-refractivity contribution in [2.24, 2.45) is 0 Å². The van der Waals surface area contributed by atoms with E-state index < -0.39 is 0 Å². The van der Waals surface area contributed by atoms with E-state index in [4.69, 9.17) is 11.6 Å². The summed E-state index contributed by atoms with van der Waals surface area (Å²) in [4.78, 5) is 12.4. The minimum Gasteiger partial charge on any atom is -0.289 e. The molecule has 20 heavy (non-hydrogen) atoms. The first-order chi connectivity index (χ1) is 9.56. The number of hydrogen-bond acceptors (Lipinski definition) is 1. The number of benzene rings is 2. The summed E-state index contributed by atoms with van der Waals surface area (Å²) in [5.74, 6) is 0.0734. The lowest BCUT2D eigenvalue weighted by Crippen LogP contribution is -1.95. The number of ketones is 1. The van der Waals surface area contributed by atoms with Crippen molar-refractivity contribution in [1.82, 2.24) is 0 Å². The van der Waals surface area contributed by atoms with Crippen molar-refractivity contribution in [2.45, 2.75) is 4.83 Å². The van der Waals surface area contributed by atoms with Crippen molar-refractivity contribution in [3.63, 3.8) is 0 Å². The minimum atomic E-state index is -0.0711. The van der Waals surface area contributed by atoms with Crippen LogP contribution in [0.5, 0.6) is 0 Å². The van der Waals surface area contributed by atoms with E-state index in [1.807, 2.05) is 48.5 Å². The first kappa shape index (κ1) is 14.1. The molecule has 1 unspecified atom stereocenters. The van der Waals surface area contributed by atoms with E-state index in [9.17, 15) is 4.79 Å². The third-order valence-corrected chi connectivity index (χ3v) is 4.99. The molecule has 0 bridgehead atoms. The Labute approximate surface area is 138 Å². The van der Waals surface area contributed by atoms with E-state index >= 15 is 0 Å². The number of hydrogen-bond donors (Lipinski definition) is 0. The summed E-state index contributed by atoms with van der Waals surface area (Å²) in [6.45, 7) is 0. The minimum absolute atomic E-state index is 0.0711. The van der Waals surface area contributed by atoms with Crippen molar-refractivity contribution in [1.29, 1.82) is 0 Å². The van der Waals surface area contributed by atoms with Crippen LogP contribution in [0.4, 0.5) is 0 Å². The largest absolute Gasteiger partial charge is 0.289 e. The normalized spacial score (nSPS) is 19.4. The first-order valence-electron chi connectivity index (χ1n) is 6.01. The molecule has 2 aromatic carbocycles. The average Bonchev–Trinajstić information content (AvgIpc) is 2.66. The van der Waals surface area contributed by atoms with Gasteiger partial charge in [0.1, 0.15) is 0 Å². The van der Waals surface area contributed by atoms with Crippen molar-refractivity contribution >= 4 is 55.3 Å². The number of fused-ring (bicyclic) bond motifs is 1. The molecule has 0 radical (unpaired) electrons. The average molecular weight is 413 g/mol. The molecule has 0 heterocycles. The molecule has 3 rings (SSSR count). The molecule has 0 fully saturated rings. The molecule has 4 heteroatoms. The molecule has 0 spiro atoms. The third kappa shape index (κ3) is 2.50. The van der Waals surface area contributed by atoms with Crippen LogP contribution in [0.1, 0.15) is 26.3 Å². The van der Waals surface area contributed by atoms with Crippen LogP contribution in [0, 0.1) is 0 Å². The Kier molecular flexibility index (Phi) is 3.85. The SMILES string of the molecule is O=C1C(=Cc2ccc(Cl)cc2)C(Br)c2cc(Br)ccc21. The Morgan fingerprint density at radius 2 is 1.80 bits per heavy atom. The van der Waals surface area contributed by atoms with Gasteiger partial charge in [0.15, 0.2) is 5.78 Å². The van der Waals surface area contributed by atoms with E-state index in [1.165, 1.54) is 0 Å². The molecule has 0 aromatic heterocycles. The quantitative estimate of drug-likeness (QED) is 0.426. The lowest BCUT2D eigenvalue weighted by Gasteiger charge is -2.04. The van der Waals surface area contributed by atoms with Gasteiger partial charge in [-0.3, -0.25) is 4.79 Å². The highest BCUT2D eigenvalue weighted by Gasteiger charge is 2.32. The molecule has 0 N–H and O–H groups in total. The highest BCUT2D eigenvalue weighted by atomic mass is 79.9. The second-order valence-electron chi connectivity index (χ2n) is 4.57. The van der Waals surface area contributed by atoms with Crippen LogP contribution >= 0.6 is 43.5 Å². The van der Waals surface area contributed by atoms with Gasteiger partial charge in [0, 0.05) is 20.6 Å². The summed E-state index contributed by atoms with van der Waals surface area (Å²) in [6, 6.07) is 13.2. The molecular weight excluding hydrogens is 403 g/mol. The first-order valence-corrected chi connectivity index (χ1v) is 8.10. The molecule has 0 saturated carbocycles. The molecule has 0 saturated heterocycles. The van der Waals surface area contributed by atoms with E-state index in [0.717, 1.165) is 26.7 Å². The van der Waals surface area contributed by atoms with Crippen molar-refractivity contribution < 1.29 is 4.79 Å². The smallest absolute Gasteiger partial charge is 0.190 e. The predicted octanol–water partition coefficient (Wildman–Crippen LogP) is 5.82. The molecular formula is C16H9Br2ClO. The van der Waals surface area contributed by atoms with Crippen molar-refractivity contribution in [2.75, 3.05) is 0 Å². The van der Waals surface area contributed by atoms with Crippen LogP contribution in [-0.4, -0.2) is 5.78 Å². The summed E-state index contributed by atoms with van der Waals surface area (Å²) in [5, 5.41) is 0.688. The van der Waals surface area contributed by atoms with Crippen LogP contribution < -0.4 is 0 Å². The van der Waals surface area contributed by atoms with Crippen LogP contribution in [-0.2, 0) is 0 Å². The Bertz CT molecular complexity index is 720. The Hall–Kier alpha value is -0.900. The zero-order valence-corrected chi connectivity index (χ0v) is 14.2. The number of carbonyl (C=O) groups is 1. The number of halogens is 3. The van der Waals surface area contributed by atoms with Gasteiger partial charge < -0.3 is 0 Å². The van der Waals surface area contributed by atoms with Gasteiger partial charge in [0.2, 0.25) is 0 Å². The number of rotatable bonds is 1. The van der Waals surface area contributed by atoms with Gasteiger partial charge in [-0.25, -0.2) is 0 Å². The van der Waals surface area contributed by atoms with Gasteiger partial charge in [0.05, 0.1) is 4.83 Å². The van der Waals surface area contributed by atoms with E-state index in [0.29, 0.717) is 5.02 Å². The van der Waals surface area contributed by atoms with E-state index in [1.54, 1.807) is 0 Å². The summed E-state index contributed by atoms with van der Waals surface area (Å²) >= 11 is 12.9. The van der Waals surface area contributed by atoms with E-state index in [2.05, 4.69) is 31.9 Å². The van der Waals surface area contributed by atoms with E-state index in [-0.39, 0.29) is 10.6 Å². The molecule has 1 atom stereocenters. The second kappa shape index (κ2) is 5.47. The van der Waals surface area contributed by atoms with Gasteiger partial charge in [-0.15, -0.1) is 0 Å². The molecule has 1 aliphatic carbocycles. The predicted molar refractivity (Wildman–Crippen MR) is 89.6 cm³/mol. The Morgan fingerprint density at radius 3 is 2.50 bits per heavy atom. The fourth-order valence-corrected chi connectivity index (χ4v) is 3.49. The van der Waals surface area contributed by atoms with Gasteiger partial charge >= 0.3 is 0 Å². The Balaban J connectivity index is 2.05. The molecule has 0 aliphatic heterocycles. The van der Waals surface area contributed by atoms with Crippen LogP contribution in [0.2, 0.25) is 5.02 Å². The van der Waals surface area contributed by atoms with Crippen LogP contribution in [0.3, 0.4) is 0 Å². The highest BCUT2D eigenvalue weighted by molar-refractivity contribution is 9.10. The van der Waals surface area contributed by atoms with Gasteiger partial charge in [0.25, 0.3) is 0 Å². The third-order valence-electron chi connectivity index (χ3n) is 3.26. The zero-order chi connectivity index (χ0) is 14.3. The van der Waals surface area contributed by atoms with Crippen molar-refractivity contribution in [3.8, 4) is 0 Å². The highest BCUT2D eigenvalue weighted by Crippen LogP contribution is 2.43. The van der Waals surface area contributed by atoms with Gasteiger partial charge in [-0.2, -0.15) is 0 Å². The lowest BCUT2D eigenvalue weighted by molar-refractivity contribution is 0.104. The molecule has 2 aromatic rings. The fraction of sp³-hybridized carbons (Fsp3) is 0.0625. The lowest BCUT2D eigenvalue weighted by atomic mass is 10.1. The van der Waals surface area contributed by atoms with Crippen molar-refractivity contribution in [3.05, 3.63) is 74.2 Å². The van der Waals surface area contributed by atoms with Gasteiger partial charge in [-0.05, 0) is 47.5 Å². The Morgan fingerprint density at radius 1 is 1.10 bits per heavy atom. The number of Topliss-reactive ketones (excluding diaryl/α,β-unsaturated/α-hetero) is 1. The standard InChI is InChI=1S/C16H9Br2ClO/c17-10-3-6-12-13(8-10)15(18)14(16(12)20)7-9-1-4-11(19)5-2-9/h1-8,15H. The van der Waals surface area contributed by atoms with Crippen LogP contribution in [0.25, 0.3) is 6.08 Å². The maximum Gasteiger partial charge on any atom is 0.190 e. The summed E-state index contributed by atoms with van der Waals surface area (Å²) in [6.07, 6.45) is 1.91. The molecule has 0 amide bonds. The fourth-order valence-electron chi connectivity index (χ4n) is 2.27. The second-order valence-corrected chi connectivity index (χ2v) is 6.84. The monoisotopic (exact) mass is 410 g/mol. The van der Waals surface area contributed by atoms with Crippen LogP contribution in [0.15, 0.2) is 52.5 Å². The number of allylic oxidation sites excluding steroid dienone is 1. The summed E-state index contributed by atoms with van der Waals surface area (Å²) in [5.41, 5.74) is 3.48. The maximum absolute atomic E-state index is 12.5.